The van der Waals surface area contributed by atoms with Gasteiger partial charge < -0.3 is 9.45 Å². The average molecular weight is 148 g/mol. The zero-order valence-corrected chi connectivity index (χ0v) is 6.02. The fraction of sp³-hybridized carbons (Fsp3) is 1.00. The third-order valence-corrected chi connectivity index (χ3v) is 2.04. The number of rotatable bonds is 3. The molecule has 1 aliphatic heterocycles. The molecule has 0 aromatic heterocycles. The summed E-state index contributed by atoms with van der Waals surface area (Å²) in [6, 6.07) is 0. The minimum absolute atomic E-state index is 0.292. The normalized spacial score (nSPS) is 23.2. The van der Waals surface area contributed by atoms with Crippen LogP contribution in [0.2, 0.25) is 0 Å². The fourth-order valence-corrected chi connectivity index (χ4v) is 1.22. The average Bonchev–Trinajstić information content (AvgIpc) is 1.60. The monoisotopic (exact) mass is 148 g/mol. The maximum Gasteiger partial charge on any atom is 0.0229 e. The largest absolute Gasteiger partial charge is 0.772 e. The lowest BCUT2D eigenvalue weighted by molar-refractivity contribution is 0.193. The Morgan fingerprint density at radius 2 is 2.22 bits per heavy atom. The SMILES string of the molecule is O=S([O-])CCN1CCC1. The lowest BCUT2D eigenvalue weighted by Crippen LogP contribution is -2.39. The van der Waals surface area contributed by atoms with Crippen LogP contribution in [0.5, 0.6) is 0 Å². The van der Waals surface area contributed by atoms with E-state index in [1.165, 1.54) is 6.42 Å². The second-order valence-electron chi connectivity index (χ2n) is 2.20. The Morgan fingerprint density at radius 1 is 1.56 bits per heavy atom. The number of likely N-dealkylation sites (tertiary alicyclic amines) is 1. The Bertz CT molecular complexity index is 114. The van der Waals surface area contributed by atoms with Gasteiger partial charge in [0.05, 0.1) is 0 Å². The summed E-state index contributed by atoms with van der Waals surface area (Å²) in [6.45, 7) is 2.88. The first-order chi connectivity index (χ1) is 4.29. The first-order valence-corrected chi connectivity index (χ1v) is 4.31. The summed E-state index contributed by atoms with van der Waals surface area (Å²) in [5.74, 6) is 0.292. The van der Waals surface area contributed by atoms with E-state index in [1.54, 1.807) is 0 Å². The molecular weight excluding hydrogens is 138 g/mol. The highest BCUT2D eigenvalue weighted by Crippen LogP contribution is 2.03. The topological polar surface area (TPSA) is 43.4 Å². The van der Waals surface area contributed by atoms with Crippen LogP contribution in [0.4, 0.5) is 0 Å². The molecule has 1 heterocycles. The fourth-order valence-electron chi connectivity index (χ4n) is 0.809. The van der Waals surface area contributed by atoms with Crippen LogP contribution in [0.15, 0.2) is 0 Å². The molecule has 0 amide bonds. The van der Waals surface area contributed by atoms with Crippen molar-refractivity contribution in [3.63, 3.8) is 0 Å². The highest BCUT2D eigenvalue weighted by atomic mass is 32.2. The molecule has 0 aromatic rings. The zero-order chi connectivity index (χ0) is 6.69. The molecule has 0 radical (unpaired) electrons. The van der Waals surface area contributed by atoms with Gasteiger partial charge in [0, 0.05) is 12.3 Å². The summed E-state index contributed by atoms with van der Waals surface area (Å²) in [4.78, 5) is 2.13. The van der Waals surface area contributed by atoms with E-state index < -0.39 is 11.1 Å². The molecule has 0 aliphatic carbocycles. The van der Waals surface area contributed by atoms with Crippen LogP contribution in [-0.2, 0) is 11.1 Å². The first kappa shape index (κ1) is 7.18. The van der Waals surface area contributed by atoms with Gasteiger partial charge in [0.1, 0.15) is 0 Å². The highest BCUT2D eigenvalue weighted by Gasteiger charge is 2.11. The van der Waals surface area contributed by atoms with E-state index >= 15 is 0 Å². The number of nitrogens with zero attached hydrogens (tertiary/aromatic N) is 1. The summed E-state index contributed by atoms with van der Waals surface area (Å²) in [5.41, 5.74) is 0. The highest BCUT2D eigenvalue weighted by molar-refractivity contribution is 7.79. The molecule has 1 aliphatic rings. The Morgan fingerprint density at radius 3 is 2.56 bits per heavy atom. The van der Waals surface area contributed by atoms with E-state index in [0.29, 0.717) is 5.75 Å². The maximum atomic E-state index is 10.0. The van der Waals surface area contributed by atoms with Crippen LogP contribution in [0.3, 0.4) is 0 Å². The van der Waals surface area contributed by atoms with Crippen molar-refractivity contribution in [2.45, 2.75) is 6.42 Å². The van der Waals surface area contributed by atoms with Gasteiger partial charge in [-0.1, -0.05) is 11.1 Å². The lowest BCUT2D eigenvalue weighted by atomic mass is 10.2. The van der Waals surface area contributed by atoms with Gasteiger partial charge in [0.15, 0.2) is 0 Å². The van der Waals surface area contributed by atoms with Gasteiger partial charge in [-0.25, -0.2) is 0 Å². The molecule has 0 spiro atoms. The molecule has 0 N–H and O–H groups in total. The third kappa shape index (κ3) is 2.43. The predicted octanol–water partition coefficient (Wildman–Crippen LogP) is -0.429. The van der Waals surface area contributed by atoms with E-state index in [0.717, 1.165) is 19.6 Å². The molecule has 0 bridgehead atoms. The molecule has 1 fully saturated rings. The van der Waals surface area contributed by atoms with Crippen LogP contribution >= 0.6 is 0 Å². The van der Waals surface area contributed by atoms with Crippen molar-refractivity contribution in [1.82, 2.24) is 4.90 Å². The Balaban J connectivity index is 1.97. The third-order valence-electron chi connectivity index (χ3n) is 1.52. The van der Waals surface area contributed by atoms with Gasteiger partial charge in [0.2, 0.25) is 0 Å². The van der Waals surface area contributed by atoms with E-state index in [9.17, 15) is 8.76 Å². The van der Waals surface area contributed by atoms with E-state index in [-0.39, 0.29) is 0 Å². The maximum absolute atomic E-state index is 10.0. The Kier molecular flexibility index (Phi) is 2.63. The summed E-state index contributed by atoms with van der Waals surface area (Å²) < 4.78 is 20.0. The van der Waals surface area contributed by atoms with Gasteiger partial charge in [-0.2, -0.15) is 0 Å². The molecule has 3 nitrogen and oxygen atoms in total. The van der Waals surface area contributed by atoms with Gasteiger partial charge >= 0.3 is 0 Å². The molecule has 1 rings (SSSR count). The summed E-state index contributed by atoms with van der Waals surface area (Å²) in [5, 5.41) is 0. The van der Waals surface area contributed by atoms with E-state index in [2.05, 4.69) is 4.90 Å². The van der Waals surface area contributed by atoms with E-state index in [1.807, 2.05) is 0 Å². The Hall–Kier alpha value is 0.0700. The van der Waals surface area contributed by atoms with Crippen LogP contribution in [0, 0.1) is 0 Å². The Labute approximate surface area is 57.3 Å². The van der Waals surface area contributed by atoms with Gasteiger partial charge in [-0.15, -0.1) is 0 Å². The molecule has 1 unspecified atom stereocenters. The van der Waals surface area contributed by atoms with Crippen LogP contribution in [0.25, 0.3) is 0 Å². The molecule has 0 aromatic carbocycles. The van der Waals surface area contributed by atoms with Gasteiger partial charge in [-0.3, -0.25) is 4.21 Å². The lowest BCUT2D eigenvalue weighted by Gasteiger charge is -2.30. The smallest absolute Gasteiger partial charge is 0.0229 e. The van der Waals surface area contributed by atoms with Crippen molar-refractivity contribution in [2.24, 2.45) is 0 Å². The molecule has 9 heavy (non-hydrogen) atoms. The molecule has 1 saturated heterocycles. The van der Waals surface area contributed by atoms with Crippen LogP contribution in [0.1, 0.15) is 6.42 Å². The molecule has 0 saturated carbocycles. The van der Waals surface area contributed by atoms with Crippen molar-refractivity contribution < 1.29 is 8.76 Å². The predicted molar refractivity (Wildman–Crippen MR) is 34.8 cm³/mol. The van der Waals surface area contributed by atoms with Crippen LogP contribution in [-0.4, -0.2) is 39.0 Å². The number of hydrogen-bond donors (Lipinski definition) is 0. The summed E-state index contributed by atoms with van der Waals surface area (Å²) in [7, 11) is 0. The standard InChI is InChI=1S/C5H11NO2S/c7-9(8)5-4-6-2-1-3-6/h1-5H2,(H,7,8)/p-1. The minimum Gasteiger partial charge on any atom is -0.772 e. The van der Waals surface area contributed by atoms with E-state index in [4.69, 9.17) is 0 Å². The summed E-state index contributed by atoms with van der Waals surface area (Å²) in [6.07, 6.45) is 1.23. The molecular formula is C5H10NO2S-. The van der Waals surface area contributed by atoms with Crippen molar-refractivity contribution in [3.05, 3.63) is 0 Å². The minimum atomic E-state index is -1.85. The first-order valence-electron chi connectivity index (χ1n) is 3.07. The van der Waals surface area contributed by atoms with Crippen molar-refractivity contribution in [2.75, 3.05) is 25.4 Å². The number of hydrogen-bond acceptors (Lipinski definition) is 3. The second-order valence-corrected chi connectivity index (χ2v) is 3.22. The summed E-state index contributed by atoms with van der Waals surface area (Å²) >= 11 is -1.85. The van der Waals surface area contributed by atoms with Crippen LogP contribution < -0.4 is 0 Å². The van der Waals surface area contributed by atoms with Crippen molar-refractivity contribution >= 4 is 11.1 Å². The van der Waals surface area contributed by atoms with Gasteiger partial charge in [-0.05, 0) is 19.5 Å². The van der Waals surface area contributed by atoms with Crippen molar-refractivity contribution in [1.29, 1.82) is 0 Å². The molecule has 1 atom stereocenters. The van der Waals surface area contributed by atoms with Gasteiger partial charge in [0.25, 0.3) is 0 Å². The second kappa shape index (κ2) is 3.29. The zero-order valence-electron chi connectivity index (χ0n) is 5.21. The van der Waals surface area contributed by atoms with Crippen molar-refractivity contribution in [3.8, 4) is 0 Å². The molecule has 4 heteroatoms. The molecule has 54 valence electrons. The quantitative estimate of drug-likeness (QED) is 0.510.